The van der Waals surface area contributed by atoms with Crippen LogP contribution in [0.15, 0.2) is 48.5 Å². The Morgan fingerprint density at radius 3 is 2.22 bits per heavy atom. The molecule has 146 valence electrons. The van der Waals surface area contributed by atoms with E-state index in [1.165, 1.54) is 30.5 Å². The van der Waals surface area contributed by atoms with E-state index in [4.69, 9.17) is 9.47 Å². The fourth-order valence-corrected chi connectivity index (χ4v) is 4.01. The van der Waals surface area contributed by atoms with E-state index >= 15 is 0 Å². The molecule has 0 amide bonds. The number of aryl methyl sites for hydroxylation is 2. The second kappa shape index (κ2) is 10.4. The Hall–Kier alpha value is -2.00. The van der Waals surface area contributed by atoms with Gasteiger partial charge in [0.15, 0.2) is 0 Å². The zero-order valence-corrected chi connectivity index (χ0v) is 16.8. The van der Waals surface area contributed by atoms with Gasteiger partial charge in [0.1, 0.15) is 11.5 Å². The summed E-state index contributed by atoms with van der Waals surface area (Å²) in [4.78, 5) is 2.42. The summed E-state index contributed by atoms with van der Waals surface area (Å²) in [6.07, 6.45) is 7.00. The van der Waals surface area contributed by atoms with Crippen LogP contribution in [0, 0.1) is 5.92 Å². The van der Waals surface area contributed by atoms with E-state index in [-0.39, 0.29) is 0 Å². The lowest BCUT2D eigenvalue weighted by Gasteiger charge is -2.29. The summed E-state index contributed by atoms with van der Waals surface area (Å²) >= 11 is 0. The Morgan fingerprint density at radius 2 is 1.56 bits per heavy atom. The van der Waals surface area contributed by atoms with Gasteiger partial charge in [0.2, 0.25) is 0 Å². The van der Waals surface area contributed by atoms with Crippen LogP contribution in [-0.2, 0) is 12.8 Å². The standard InChI is InChI=1S/C24H33NO2/c1-25-17-9-10-20(18-25)19-27-24-16-8-6-14-22(24)13-4-3-11-21-12-5-7-15-23(21)26-2/h5-8,12,14-16,20H,3-4,9-11,13,17-19H2,1-2H3. The van der Waals surface area contributed by atoms with Crippen LogP contribution < -0.4 is 9.47 Å². The van der Waals surface area contributed by atoms with Crippen molar-refractivity contribution in [1.82, 2.24) is 4.90 Å². The number of methoxy groups -OCH3 is 1. The molecule has 3 rings (SSSR count). The van der Waals surface area contributed by atoms with E-state index in [2.05, 4.69) is 48.3 Å². The Labute approximate surface area is 164 Å². The maximum atomic E-state index is 6.23. The zero-order chi connectivity index (χ0) is 18.9. The van der Waals surface area contributed by atoms with Crippen molar-refractivity contribution < 1.29 is 9.47 Å². The number of hydrogen-bond donors (Lipinski definition) is 0. The number of rotatable bonds is 9. The Balaban J connectivity index is 1.47. The SMILES string of the molecule is COc1ccccc1CCCCc1ccccc1OCC1CCCN(C)C1. The Kier molecular flexibility index (Phi) is 7.58. The number of nitrogens with zero attached hydrogens (tertiary/aromatic N) is 1. The van der Waals surface area contributed by atoms with Crippen LogP contribution in [0.5, 0.6) is 11.5 Å². The largest absolute Gasteiger partial charge is 0.496 e. The summed E-state index contributed by atoms with van der Waals surface area (Å²) in [5.41, 5.74) is 2.63. The van der Waals surface area contributed by atoms with E-state index in [0.717, 1.165) is 50.3 Å². The number of ether oxygens (including phenoxy) is 2. The van der Waals surface area contributed by atoms with Crippen LogP contribution in [0.3, 0.4) is 0 Å². The smallest absolute Gasteiger partial charge is 0.122 e. The molecule has 1 heterocycles. The summed E-state index contributed by atoms with van der Waals surface area (Å²) in [6.45, 7) is 3.21. The molecule has 1 saturated heterocycles. The predicted molar refractivity (Wildman–Crippen MR) is 112 cm³/mol. The van der Waals surface area contributed by atoms with Gasteiger partial charge >= 0.3 is 0 Å². The first-order chi connectivity index (χ1) is 13.3. The first-order valence-electron chi connectivity index (χ1n) is 10.3. The minimum atomic E-state index is 0.655. The molecule has 3 heteroatoms. The van der Waals surface area contributed by atoms with Crippen molar-refractivity contribution in [3.63, 3.8) is 0 Å². The van der Waals surface area contributed by atoms with Crippen LogP contribution in [0.25, 0.3) is 0 Å². The van der Waals surface area contributed by atoms with Crippen molar-refractivity contribution in [2.24, 2.45) is 5.92 Å². The van der Waals surface area contributed by atoms with E-state index < -0.39 is 0 Å². The molecule has 1 aliphatic heterocycles. The van der Waals surface area contributed by atoms with Gasteiger partial charge in [-0.2, -0.15) is 0 Å². The van der Waals surface area contributed by atoms with Gasteiger partial charge in [-0.15, -0.1) is 0 Å². The van der Waals surface area contributed by atoms with Gasteiger partial charge in [0.05, 0.1) is 13.7 Å². The lowest BCUT2D eigenvalue weighted by atomic mass is 9.99. The van der Waals surface area contributed by atoms with Gasteiger partial charge in [-0.3, -0.25) is 0 Å². The molecule has 0 saturated carbocycles. The monoisotopic (exact) mass is 367 g/mol. The highest BCUT2D eigenvalue weighted by atomic mass is 16.5. The molecule has 3 nitrogen and oxygen atoms in total. The second-order valence-corrected chi connectivity index (χ2v) is 7.71. The summed E-state index contributed by atoms with van der Waals surface area (Å²) in [7, 11) is 3.96. The molecule has 1 unspecified atom stereocenters. The highest BCUT2D eigenvalue weighted by molar-refractivity contribution is 5.34. The van der Waals surface area contributed by atoms with Gasteiger partial charge in [0.25, 0.3) is 0 Å². The number of hydrogen-bond acceptors (Lipinski definition) is 3. The summed E-state index contributed by atoms with van der Waals surface area (Å²) < 4.78 is 11.7. The third-order valence-corrected chi connectivity index (χ3v) is 5.50. The fraction of sp³-hybridized carbons (Fsp3) is 0.500. The quantitative estimate of drug-likeness (QED) is 0.583. The van der Waals surface area contributed by atoms with Gasteiger partial charge < -0.3 is 14.4 Å². The third-order valence-electron chi connectivity index (χ3n) is 5.50. The lowest BCUT2D eigenvalue weighted by molar-refractivity contribution is 0.150. The lowest BCUT2D eigenvalue weighted by Crippen LogP contribution is -2.34. The van der Waals surface area contributed by atoms with Crippen molar-refractivity contribution in [1.29, 1.82) is 0 Å². The number of unbranched alkanes of at least 4 members (excludes halogenated alkanes) is 1. The molecule has 0 aliphatic carbocycles. The van der Waals surface area contributed by atoms with E-state index in [1.54, 1.807) is 7.11 Å². The van der Waals surface area contributed by atoms with Crippen molar-refractivity contribution in [2.75, 3.05) is 33.9 Å². The normalized spacial score (nSPS) is 17.6. The van der Waals surface area contributed by atoms with Crippen LogP contribution in [-0.4, -0.2) is 38.8 Å². The molecule has 0 aromatic heterocycles. The maximum Gasteiger partial charge on any atom is 0.122 e. The van der Waals surface area contributed by atoms with Gasteiger partial charge in [-0.05, 0) is 75.4 Å². The summed E-state index contributed by atoms with van der Waals surface area (Å²) in [5, 5.41) is 0. The van der Waals surface area contributed by atoms with E-state index in [9.17, 15) is 0 Å². The average molecular weight is 368 g/mol. The predicted octanol–water partition coefficient (Wildman–Crippen LogP) is 4.98. The Bertz CT molecular complexity index is 700. The van der Waals surface area contributed by atoms with Crippen molar-refractivity contribution >= 4 is 0 Å². The summed E-state index contributed by atoms with van der Waals surface area (Å²) in [6, 6.07) is 16.9. The molecule has 0 spiro atoms. The minimum Gasteiger partial charge on any atom is -0.496 e. The van der Waals surface area contributed by atoms with Crippen LogP contribution in [0.2, 0.25) is 0 Å². The topological polar surface area (TPSA) is 21.7 Å². The van der Waals surface area contributed by atoms with Crippen LogP contribution in [0.1, 0.15) is 36.8 Å². The molecule has 27 heavy (non-hydrogen) atoms. The maximum absolute atomic E-state index is 6.23. The van der Waals surface area contributed by atoms with Gasteiger partial charge in [0, 0.05) is 12.5 Å². The van der Waals surface area contributed by atoms with Crippen molar-refractivity contribution in [3.8, 4) is 11.5 Å². The van der Waals surface area contributed by atoms with Gasteiger partial charge in [-0.1, -0.05) is 36.4 Å². The van der Waals surface area contributed by atoms with Crippen molar-refractivity contribution in [3.05, 3.63) is 59.7 Å². The highest BCUT2D eigenvalue weighted by Gasteiger charge is 2.18. The number of piperidine rings is 1. The molecule has 2 aromatic rings. The van der Waals surface area contributed by atoms with Gasteiger partial charge in [-0.25, -0.2) is 0 Å². The molecule has 1 fully saturated rings. The highest BCUT2D eigenvalue weighted by Crippen LogP contribution is 2.24. The minimum absolute atomic E-state index is 0.655. The van der Waals surface area contributed by atoms with Crippen LogP contribution in [0.4, 0.5) is 0 Å². The van der Waals surface area contributed by atoms with E-state index in [0.29, 0.717) is 5.92 Å². The molecule has 2 aromatic carbocycles. The van der Waals surface area contributed by atoms with E-state index in [1.807, 2.05) is 12.1 Å². The van der Waals surface area contributed by atoms with Crippen LogP contribution >= 0.6 is 0 Å². The molecule has 0 N–H and O–H groups in total. The fourth-order valence-electron chi connectivity index (χ4n) is 4.01. The summed E-state index contributed by atoms with van der Waals surface area (Å²) in [5.74, 6) is 2.73. The molecule has 1 atom stereocenters. The average Bonchev–Trinajstić information content (AvgIpc) is 2.70. The molecule has 0 radical (unpaired) electrons. The first kappa shape index (κ1) is 19.8. The molecular formula is C24H33NO2. The third kappa shape index (κ3) is 6.00. The number of benzene rings is 2. The second-order valence-electron chi connectivity index (χ2n) is 7.71. The molecule has 0 bridgehead atoms. The zero-order valence-electron chi connectivity index (χ0n) is 16.8. The molecular weight excluding hydrogens is 334 g/mol. The molecule has 1 aliphatic rings. The number of para-hydroxylation sites is 2. The number of likely N-dealkylation sites (tertiary alicyclic amines) is 1. The van der Waals surface area contributed by atoms with Crippen molar-refractivity contribution in [2.45, 2.75) is 38.5 Å². The first-order valence-corrected chi connectivity index (χ1v) is 10.3. The Morgan fingerprint density at radius 1 is 0.926 bits per heavy atom.